The maximum Gasteiger partial charge on any atom is 0.325 e. The molecule has 2 aromatic rings. The molecule has 0 aromatic heterocycles. The van der Waals surface area contributed by atoms with Crippen LogP contribution < -0.4 is 15.4 Å². The Labute approximate surface area is 197 Å². The molecule has 33 heavy (non-hydrogen) atoms. The zero-order valence-electron chi connectivity index (χ0n) is 18.6. The molecular formula is C22H26ClN3O6S. The lowest BCUT2D eigenvalue weighted by Gasteiger charge is -2.23. The fourth-order valence-electron chi connectivity index (χ4n) is 2.69. The van der Waals surface area contributed by atoms with E-state index in [0.29, 0.717) is 16.4 Å². The highest BCUT2D eigenvalue weighted by molar-refractivity contribution is 7.89. The molecule has 0 saturated carbocycles. The molecular weight excluding hydrogens is 470 g/mol. The van der Waals surface area contributed by atoms with E-state index in [-0.39, 0.29) is 10.8 Å². The van der Waals surface area contributed by atoms with Crippen molar-refractivity contribution in [1.29, 1.82) is 0 Å². The number of ether oxygens (including phenoxy) is 1. The molecule has 3 N–H and O–H groups in total. The van der Waals surface area contributed by atoms with Gasteiger partial charge in [-0.05, 0) is 61.4 Å². The Balaban J connectivity index is 2.03. The number of hydrogen-bond donors (Lipinski definition) is 3. The molecule has 2 amide bonds. The number of sulfonamides is 1. The fourth-order valence-corrected chi connectivity index (χ4v) is 4.15. The van der Waals surface area contributed by atoms with E-state index in [2.05, 4.69) is 15.4 Å². The summed E-state index contributed by atoms with van der Waals surface area (Å²) in [4.78, 5) is 36.1. The Morgan fingerprint density at radius 2 is 1.39 bits per heavy atom. The average Bonchev–Trinajstić information content (AvgIpc) is 2.73. The number of esters is 1. The fraction of sp³-hybridized carbons (Fsp3) is 0.318. The van der Waals surface area contributed by atoms with E-state index < -0.39 is 40.0 Å². The van der Waals surface area contributed by atoms with Gasteiger partial charge in [0.25, 0.3) is 5.91 Å². The molecule has 0 aliphatic heterocycles. The summed E-state index contributed by atoms with van der Waals surface area (Å²) in [6.45, 7) is 6.06. The van der Waals surface area contributed by atoms with Gasteiger partial charge in [-0.1, -0.05) is 25.4 Å². The summed E-state index contributed by atoms with van der Waals surface area (Å²) >= 11 is 5.80. The Kier molecular flexibility index (Phi) is 8.98. The van der Waals surface area contributed by atoms with Gasteiger partial charge in [-0.2, -0.15) is 4.72 Å². The van der Waals surface area contributed by atoms with Gasteiger partial charge in [-0.3, -0.25) is 14.4 Å². The van der Waals surface area contributed by atoms with E-state index in [0.717, 1.165) is 0 Å². The van der Waals surface area contributed by atoms with E-state index in [1.807, 2.05) is 0 Å². The molecule has 0 bridgehead atoms. The van der Waals surface area contributed by atoms with Crippen molar-refractivity contribution in [2.75, 3.05) is 10.6 Å². The molecule has 0 radical (unpaired) electrons. The number of carbonyl (C=O) groups excluding carboxylic acids is 3. The predicted molar refractivity (Wildman–Crippen MR) is 125 cm³/mol. The molecule has 9 nitrogen and oxygen atoms in total. The van der Waals surface area contributed by atoms with Crippen molar-refractivity contribution in [3.8, 4) is 0 Å². The summed E-state index contributed by atoms with van der Waals surface area (Å²) in [5.74, 6) is -2.15. The molecule has 2 atom stereocenters. The van der Waals surface area contributed by atoms with Crippen LogP contribution in [0.5, 0.6) is 0 Å². The predicted octanol–water partition coefficient (Wildman–Crippen LogP) is 3.17. The van der Waals surface area contributed by atoms with Gasteiger partial charge in [0, 0.05) is 23.3 Å². The molecule has 2 aromatic carbocycles. The van der Waals surface area contributed by atoms with E-state index in [4.69, 9.17) is 16.3 Å². The monoisotopic (exact) mass is 495 g/mol. The lowest BCUT2D eigenvalue weighted by atomic mass is 10.1. The maximum atomic E-state index is 12.7. The van der Waals surface area contributed by atoms with Gasteiger partial charge in [-0.25, -0.2) is 8.42 Å². The van der Waals surface area contributed by atoms with Crippen LogP contribution in [0.4, 0.5) is 11.4 Å². The summed E-state index contributed by atoms with van der Waals surface area (Å²) in [5, 5.41) is 5.58. The summed E-state index contributed by atoms with van der Waals surface area (Å²) in [5.41, 5.74) is 0.994. The lowest BCUT2D eigenvalue weighted by Crippen LogP contribution is -2.47. The van der Waals surface area contributed by atoms with E-state index in [1.165, 1.54) is 38.1 Å². The van der Waals surface area contributed by atoms with Gasteiger partial charge in [0.1, 0.15) is 6.04 Å². The number of hydrogen-bond acceptors (Lipinski definition) is 6. The molecule has 0 fully saturated rings. The van der Waals surface area contributed by atoms with Crippen LogP contribution in [0, 0.1) is 5.92 Å². The number of nitrogens with one attached hydrogen (secondary N) is 3. The van der Waals surface area contributed by atoms with Crippen molar-refractivity contribution in [3.05, 3.63) is 53.6 Å². The Morgan fingerprint density at radius 1 is 0.879 bits per heavy atom. The zero-order chi connectivity index (χ0) is 24.8. The molecule has 0 aliphatic carbocycles. The van der Waals surface area contributed by atoms with Crippen molar-refractivity contribution < 1.29 is 27.5 Å². The van der Waals surface area contributed by atoms with Crippen LogP contribution in [0.2, 0.25) is 5.02 Å². The van der Waals surface area contributed by atoms with Gasteiger partial charge in [0.2, 0.25) is 15.9 Å². The van der Waals surface area contributed by atoms with E-state index in [9.17, 15) is 22.8 Å². The van der Waals surface area contributed by atoms with Gasteiger partial charge in [0.05, 0.1) is 4.90 Å². The number of rotatable bonds is 9. The first-order valence-electron chi connectivity index (χ1n) is 10.1. The Morgan fingerprint density at radius 3 is 1.88 bits per heavy atom. The van der Waals surface area contributed by atoms with Crippen LogP contribution >= 0.6 is 11.6 Å². The highest BCUT2D eigenvalue weighted by Gasteiger charge is 2.32. The van der Waals surface area contributed by atoms with Crippen LogP contribution in [0.15, 0.2) is 53.4 Å². The molecule has 2 rings (SSSR count). The molecule has 0 spiro atoms. The first-order valence-corrected chi connectivity index (χ1v) is 11.9. The minimum absolute atomic E-state index is 0.0566. The van der Waals surface area contributed by atoms with Gasteiger partial charge < -0.3 is 15.4 Å². The second kappa shape index (κ2) is 11.3. The molecule has 0 heterocycles. The number of benzene rings is 2. The summed E-state index contributed by atoms with van der Waals surface area (Å²) < 4.78 is 32.9. The largest absolute Gasteiger partial charge is 0.451 e. The first-order chi connectivity index (χ1) is 15.4. The standard InChI is InChI=1S/C22H26ClN3O6S/c1-13(2)20(26-33(30,31)19-11-5-16(23)6-12-19)22(29)32-14(3)21(28)25-18-9-7-17(8-10-18)24-15(4)27/h5-14,20,26H,1-4H3,(H,24,27)(H,25,28). The van der Waals surface area contributed by atoms with Gasteiger partial charge >= 0.3 is 5.97 Å². The third kappa shape index (κ3) is 7.85. The van der Waals surface area contributed by atoms with Gasteiger partial charge in [0.15, 0.2) is 6.10 Å². The first kappa shape index (κ1) is 26.3. The number of anilines is 2. The highest BCUT2D eigenvalue weighted by Crippen LogP contribution is 2.17. The zero-order valence-corrected chi connectivity index (χ0v) is 20.2. The number of amides is 2. The topological polar surface area (TPSA) is 131 Å². The van der Waals surface area contributed by atoms with Crippen molar-refractivity contribution in [3.63, 3.8) is 0 Å². The normalized spacial score (nSPS) is 13.2. The van der Waals surface area contributed by atoms with Crippen LogP contribution in [0.3, 0.4) is 0 Å². The third-order valence-corrected chi connectivity index (χ3v) is 6.17. The Bertz CT molecular complexity index is 1100. The summed E-state index contributed by atoms with van der Waals surface area (Å²) in [6, 6.07) is 10.6. The SMILES string of the molecule is CC(=O)Nc1ccc(NC(=O)C(C)OC(=O)C(NS(=O)(=O)c2ccc(Cl)cc2)C(C)C)cc1. The molecule has 178 valence electrons. The highest BCUT2D eigenvalue weighted by atomic mass is 35.5. The quantitative estimate of drug-likeness (QED) is 0.458. The average molecular weight is 496 g/mol. The van der Waals surface area contributed by atoms with Crippen molar-refractivity contribution in [2.45, 2.75) is 44.7 Å². The van der Waals surface area contributed by atoms with Crippen molar-refractivity contribution in [1.82, 2.24) is 4.72 Å². The summed E-state index contributed by atoms with van der Waals surface area (Å²) in [6.07, 6.45) is -1.19. The number of carbonyl (C=O) groups is 3. The van der Waals surface area contributed by atoms with E-state index >= 15 is 0 Å². The summed E-state index contributed by atoms with van der Waals surface area (Å²) in [7, 11) is -4.02. The second-order valence-corrected chi connectivity index (χ2v) is 9.77. The van der Waals surface area contributed by atoms with Crippen LogP contribution in [-0.4, -0.2) is 38.3 Å². The molecule has 0 aliphatic rings. The van der Waals surface area contributed by atoms with Crippen molar-refractivity contribution >= 4 is 50.8 Å². The second-order valence-electron chi connectivity index (χ2n) is 7.62. The minimum Gasteiger partial charge on any atom is -0.451 e. The maximum absolute atomic E-state index is 12.7. The number of halogens is 1. The third-order valence-electron chi connectivity index (χ3n) is 4.46. The minimum atomic E-state index is -4.02. The van der Waals surface area contributed by atoms with Crippen molar-refractivity contribution in [2.24, 2.45) is 5.92 Å². The Hall–Kier alpha value is -2.95. The lowest BCUT2D eigenvalue weighted by molar-refractivity contribution is -0.155. The smallest absolute Gasteiger partial charge is 0.325 e. The van der Waals surface area contributed by atoms with Gasteiger partial charge in [-0.15, -0.1) is 0 Å². The molecule has 11 heteroatoms. The van der Waals surface area contributed by atoms with Crippen LogP contribution in [0.25, 0.3) is 0 Å². The van der Waals surface area contributed by atoms with Crippen LogP contribution in [-0.2, 0) is 29.1 Å². The van der Waals surface area contributed by atoms with Crippen LogP contribution in [0.1, 0.15) is 27.7 Å². The molecule has 0 saturated heterocycles. The van der Waals surface area contributed by atoms with E-state index in [1.54, 1.807) is 38.1 Å². The molecule has 2 unspecified atom stereocenters.